The van der Waals surface area contributed by atoms with Crippen molar-refractivity contribution in [3.63, 3.8) is 0 Å². The van der Waals surface area contributed by atoms with Crippen LogP contribution in [0.1, 0.15) is 79.5 Å². The van der Waals surface area contributed by atoms with Crippen molar-refractivity contribution in [1.29, 1.82) is 0 Å². The Bertz CT molecular complexity index is 930. The average Bonchev–Trinajstić information content (AvgIpc) is 2.61. The SMILES string of the molecule is C=C(C(=O)O)c1c(Cc2cc(C)cc(CCCC)c2O)cc(C)cc1C(C)(C)C. The highest BCUT2D eigenvalue weighted by molar-refractivity contribution is 6.15. The number of hydrogen-bond acceptors (Lipinski definition) is 2. The van der Waals surface area contributed by atoms with Crippen molar-refractivity contribution in [2.45, 2.75) is 72.6 Å². The second-order valence-electron chi connectivity index (χ2n) is 9.09. The van der Waals surface area contributed by atoms with E-state index in [0.29, 0.717) is 17.7 Å². The monoisotopic (exact) mass is 394 g/mol. The zero-order valence-corrected chi connectivity index (χ0v) is 18.6. The lowest BCUT2D eigenvalue weighted by Crippen LogP contribution is -2.18. The molecule has 0 radical (unpaired) electrons. The Kier molecular flexibility index (Phi) is 6.94. The van der Waals surface area contributed by atoms with Crippen LogP contribution in [0, 0.1) is 13.8 Å². The van der Waals surface area contributed by atoms with Crippen LogP contribution >= 0.6 is 0 Å². The second-order valence-corrected chi connectivity index (χ2v) is 9.09. The van der Waals surface area contributed by atoms with Crippen LogP contribution in [0.2, 0.25) is 0 Å². The Morgan fingerprint density at radius 1 is 1.00 bits per heavy atom. The molecule has 0 aromatic heterocycles. The third-order valence-electron chi connectivity index (χ3n) is 5.33. The second kappa shape index (κ2) is 8.86. The molecule has 3 nitrogen and oxygen atoms in total. The number of aliphatic carboxylic acids is 1. The highest BCUT2D eigenvalue weighted by Gasteiger charge is 2.25. The molecule has 0 heterocycles. The molecule has 0 spiro atoms. The lowest BCUT2D eigenvalue weighted by atomic mass is 9.78. The van der Waals surface area contributed by atoms with Gasteiger partial charge in [0.05, 0.1) is 5.57 Å². The van der Waals surface area contributed by atoms with E-state index in [0.717, 1.165) is 52.6 Å². The summed E-state index contributed by atoms with van der Waals surface area (Å²) in [6, 6.07) is 8.11. The van der Waals surface area contributed by atoms with Gasteiger partial charge in [-0.05, 0) is 59.9 Å². The number of aromatic hydroxyl groups is 1. The number of rotatable bonds is 7. The topological polar surface area (TPSA) is 57.5 Å². The van der Waals surface area contributed by atoms with E-state index in [1.54, 1.807) is 0 Å². The third kappa shape index (κ3) is 5.29. The van der Waals surface area contributed by atoms with Crippen LogP contribution in [-0.2, 0) is 23.1 Å². The number of unbranched alkanes of at least 4 members (excludes halogenated alkanes) is 1. The first-order valence-corrected chi connectivity index (χ1v) is 10.3. The fraction of sp³-hybridized carbons (Fsp3) is 0.423. The largest absolute Gasteiger partial charge is 0.507 e. The maximum atomic E-state index is 11.8. The Hall–Kier alpha value is -2.55. The molecule has 156 valence electrons. The molecule has 0 unspecified atom stereocenters. The van der Waals surface area contributed by atoms with Gasteiger partial charge in [-0.1, -0.05) is 76.1 Å². The molecule has 29 heavy (non-hydrogen) atoms. The quantitative estimate of drug-likeness (QED) is 0.539. The minimum absolute atomic E-state index is 0.100. The Morgan fingerprint density at radius 3 is 2.10 bits per heavy atom. The molecule has 0 aliphatic carbocycles. The lowest BCUT2D eigenvalue weighted by Gasteiger charge is -2.26. The molecule has 0 aliphatic heterocycles. The van der Waals surface area contributed by atoms with Gasteiger partial charge < -0.3 is 10.2 Å². The van der Waals surface area contributed by atoms with Gasteiger partial charge in [-0.3, -0.25) is 0 Å². The van der Waals surface area contributed by atoms with Gasteiger partial charge in [-0.15, -0.1) is 0 Å². The van der Waals surface area contributed by atoms with Gasteiger partial charge in [-0.25, -0.2) is 4.79 Å². The van der Waals surface area contributed by atoms with Gasteiger partial charge in [0, 0.05) is 6.42 Å². The number of phenolic OH excluding ortho intramolecular Hbond substituents is 1. The van der Waals surface area contributed by atoms with E-state index in [1.165, 1.54) is 0 Å². The fourth-order valence-electron chi connectivity index (χ4n) is 3.89. The van der Waals surface area contributed by atoms with Gasteiger partial charge in [0.1, 0.15) is 5.75 Å². The fourth-order valence-corrected chi connectivity index (χ4v) is 3.89. The lowest BCUT2D eigenvalue weighted by molar-refractivity contribution is -0.130. The van der Waals surface area contributed by atoms with Crippen LogP contribution in [0.15, 0.2) is 30.8 Å². The number of aryl methyl sites for hydroxylation is 3. The van der Waals surface area contributed by atoms with E-state index in [1.807, 2.05) is 32.0 Å². The van der Waals surface area contributed by atoms with E-state index in [9.17, 15) is 15.0 Å². The molecular formula is C26H34O3. The average molecular weight is 395 g/mol. The Balaban J connectivity index is 2.67. The molecule has 0 fully saturated rings. The van der Waals surface area contributed by atoms with E-state index in [-0.39, 0.29) is 11.0 Å². The van der Waals surface area contributed by atoms with Gasteiger partial charge in [0.2, 0.25) is 0 Å². The van der Waals surface area contributed by atoms with Crippen LogP contribution in [0.4, 0.5) is 0 Å². The Labute approximate surface area is 175 Å². The van der Waals surface area contributed by atoms with Crippen LogP contribution in [0.25, 0.3) is 5.57 Å². The highest BCUT2D eigenvalue weighted by atomic mass is 16.4. The van der Waals surface area contributed by atoms with E-state index in [2.05, 4.69) is 40.3 Å². The van der Waals surface area contributed by atoms with Crippen LogP contribution < -0.4 is 0 Å². The number of hydrogen-bond donors (Lipinski definition) is 2. The van der Waals surface area contributed by atoms with Crippen LogP contribution in [-0.4, -0.2) is 16.2 Å². The van der Waals surface area contributed by atoms with Crippen molar-refractivity contribution >= 4 is 11.5 Å². The number of carboxylic acids is 1. The number of phenols is 1. The van der Waals surface area contributed by atoms with Crippen molar-refractivity contribution in [2.24, 2.45) is 0 Å². The molecule has 2 aromatic rings. The summed E-state index contributed by atoms with van der Waals surface area (Å²) in [5.74, 6) is -0.688. The van der Waals surface area contributed by atoms with Gasteiger partial charge in [0.15, 0.2) is 0 Å². The first kappa shape index (κ1) is 22.7. The van der Waals surface area contributed by atoms with E-state index < -0.39 is 5.97 Å². The predicted molar refractivity (Wildman–Crippen MR) is 121 cm³/mol. The van der Waals surface area contributed by atoms with Crippen molar-refractivity contribution in [3.05, 3.63) is 69.8 Å². The number of benzene rings is 2. The zero-order chi connectivity index (χ0) is 21.9. The van der Waals surface area contributed by atoms with Crippen molar-refractivity contribution in [3.8, 4) is 5.75 Å². The molecule has 0 bridgehead atoms. The maximum absolute atomic E-state index is 11.8. The van der Waals surface area contributed by atoms with Crippen molar-refractivity contribution in [2.75, 3.05) is 0 Å². The highest BCUT2D eigenvalue weighted by Crippen LogP contribution is 2.36. The van der Waals surface area contributed by atoms with E-state index in [4.69, 9.17) is 0 Å². The molecule has 2 N–H and O–H groups in total. The summed E-state index contributed by atoms with van der Waals surface area (Å²) in [7, 11) is 0. The summed E-state index contributed by atoms with van der Waals surface area (Å²) in [5, 5.41) is 20.6. The first-order valence-electron chi connectivity index (χ1n) is 10.3. The molecule has 2 aromatic carbocycles. The summed E-state index contributed by atoms with van der Waals surface area (Å²) < 4.78 is 0. The standard InChI is InChI=1S/C26H34O3/c1-8-9-10-19-11-16(2)13-21(24(19)27)15-20-12-17(3)14-22(26(5,6)7)23(20)18(4)25(28)29/h11-14,27H,4,8-10,15H2,1-3,5-7H3,(H,28,29). The smallest absolute Gasteiger partial charge is 0.335 e. The zero-order valence-electron chi connectivity index (χ0n) is 18.6. The van der Waals surface area contributed by atoms with Gasteiger partial charge >= 0.3 is 5.97 Å². The molecule has 0 saturated carbocycles. The summed E-state index contributed by atoms with van der Waals surface area (Å²) in [6.07, 6.45) is 3.40. The number of carboxylic acid groups (broad SMARTS) is 1. The van der Waals surface area contributed by atoms with Gasteiger partial charge in [-0.2, -0.15) is 0 Å². The van der Waals surface area contributed by atoms with Crippen LogP contribution in [0.3, 0.4) is 0 Å². The minimum Gasteiger partial charge on any atom is -0.507 e. The number of carbonyl (C=O) groups is 1. The van der Waals surface area contributed by atoms with Gasteiger partial charge in [0.25, 0.3) is 0 Å². The third-order valence-corrected chi connectivity index (χ3v) is 5.33. The summed E-state index contributed by atoms with van der Waals surface area (Å²) in [4.78, 5) is 11.8. The molecule has 0 atom stereocenters. The minimum atomic E-state index is -1.02. The summed E-state index contributed by atoms with van der Waals surface area (Å²) >= 11 is 0. The molecule has 0 amide bonds. The molecule has 2 rings (SSSR count). The van der Waals surface area contributed by atoms with E-state index >= 15 is 0 Å². The summed E-state index contributed by atoms with van der Waals surface area (Å²) in [6.45, 7) is 16.3. The molecule has 0 saturated heterocycles. The van der Waals surface area contributed by atoms with Crippen molar-refractivity contribution in [1.82, 2.24) is 0 Å². The molecular weight excluding hydrogens is 360 g/mol. The predicted octanol–water partition coefficient (Wildman–Crippen LogP) is 6.34. The van der Waals surface area contributed by atoms with Crippen molar-refractivity contribution < 1.29 is 15.0 Å². The maximum Gasteiger partial charge on any atom is 0.335 e. The normalized spacial score (nSPS) is 11.5. The molecule has 0 aliphatic rings. The first-order chi connectivity index (χ1) is 13.5. The van der Waals surface area contributed by atoms with Crippen LogP contribution in [0.5, 0.6) is 5.75 Å². The Morgan fingerprint density at radius 2 is 1.55 bits per heavy atom. The summed E-state index contributed by atoms with van der Waals surface area (Å²) in [5.41, 5.74) is 6.40. The molecule has 3 heteroatoms.